The molecule has 1 aromatic rings. The highest BCUT2D eigenvalue weighted by molar-refractivity contribution is 9.10. The lowest BCUT2D eigenvalue weighted by Gasteiger charge is -2.12. The highest BCUT2D eigenvalue weighted by atomic mass is 79.9. The number of halogens is 1. The molecular weight excluding hydrogens is 262 g/mol. The molecule has 0 saturated carbocycles. The first-order valence-corrected chi connectivity index (χ1v) is 6.59. The van der Waals surface area contributed by atoms with Gasteiger partial charge in [0.05, 0.1) is 0 Å². The van der Waals surface area contributed by atoms with Gasteiger partial charge in [-0.2, -0.15) is 0 Å². The Morgan fingerprint density at radius 1 is 1.31 bits per heavy atom. The molecule has 2 heteroatoms. The van der Waals surface area contributed by atoms with Gasteiger partial charge in [0.1, 0.15) is 0 Å². The number of benzene rings is 1. The lowest BCUT2D eigenvalue weighted by Crippen LogP contribution is -2.01. The van der Waals surface area contributed by atoms with Crippen molar-refractivity contribution in [3.05, 3.63) is 40.5 Å². The quantitative estimate of drug-likeness (QED) is 0.782. The van der Waals surface area contributed by atoms with Gasteiger partial charge >= 0.3 is 0 Å². The third kappa shape index (κ3) is 4.84. The van der Waals surface area contributed by atoms with E-state index in [1.165, 1.54) is 12.1 Å². The lowest BCUT2D eigenvalue weighted by molar-refractivity contribution is 0.585. The van der Waals surface area contributed by atoms with Gasteiger partial charge in [-0.1, -0.05) is 35.9 Å². The number of hydrogen-bond acceptors (Lipinski definition) is 1. The van der Waals surface area contributed by atoms with Crippen molar-refractivity contribution in [2.45, 2.75) is 33.6 Å². The van der Waals surface area contributed by atoms with Crippen LogP contribution in [0.3, 0.4) is 0 Å². The molecule has 0 fully saturated rings. The molecule has 0 heterocycles. The largest absolute Gasteiger partial charge is 0.359 e. The van der Waals surface area contributed by atoms with Gasteiger partial charge in [0.15, 0.2) is 0 Å². The van der Waals surface area contributed by atoms with Crippen LogP contribution in [0.1, 0.15) is 33.6 Å². The first kappa shape index (κ1) is 13.3. The summed E-state index contributed by atoms with van der Waals surface area (Å²) < 4.78 is 1.11. The van der Waals surface area contributed by atoms with Crippen molar-refractivity contribution in [2.75, 3.05) is 5.32 Å². The van der Waals surface area contributed by atoms with E-state index in [1.54, 1.807) is 0 Å². The summed E-state index contributed by atoms with van der Waals surface area (Å²) in [5.41, 5.74) is 2.45. The molecule has 1 aromatic carbocycles. The third-order valence-electron chi connectivity index (χ3n) is 2.49. The predicted molar refractivity (Wildman–Crippen MR) is 75.6 cm³/mol. The molecule has 0 aliphatic heterocycles. The topological polar surface area (TPSA) is 12.0 Å². The Hall–Kier alpha value is -0.760. The highest BCUT2D eigenvalue weighted by Gasteiger charge is 2.00. The minimum atomic E-state index is 0.752. The number of anilines is 1. The van der Waals surface area contributed by atoms with E-state index in [-0.39, 0.29) is 0 Å². The van der Waals surface area contributed by atoms with E-state index in [1.807, 2.05) is 0 Å². The van der Waals surface area contributed by atoms with E-state index in [2.05, 4.69) is 72.4 Å². The summed E-state index contributed by atoms with van der Waals surface area (Å²) >= 11 is 3.44. The molecule has 0 aliphatic rings. The fourth-order valence-corrected chi connectivity index (χ4v) is 1.71. The van der Waals surface area contributed by atoms with Crippen LogP contribution in [0.5, 0.6) is 0 Å². The first-order valence-electron chi connectivity index (χ1n) is 5.79. The second kappa shape index (κ2) is 6.74. The van der Waals surface area contributed by atoms with Crippen molar-refractivity contribution in [2.24, 2.45) is 5.92 Å². The molecule has 0 atom stereocenters. The Balaban J connectivity index is 2.54. The zero-order valence-corrected chi connectivity index (χ0v) is 11.8. The van der Waals surface area contributed by atoms with E-state index in [9.17, 15) is 0 Å². The normalized spacial score (nSPS) is 11.9. The third-order valence-corrected chi connectivity index (χ3v) is 3.02. The zero-order chi connectivity index (χ0) is 12.0. The number of nitrogens with one attached hydrogen (secondary N) is 1. The Kier molecular flexibility index (Phi) is 5.61. The fourth-order valence-electron chi connectivity index (χ4n) is 1.44. The first-order chi connectivity index (χ1) is 7.61. The van der Waals surface area contributed by atoms with Gasteiger partial charge in [-0.05, 0) is 49.9 Å². The van der Waals surface area contributed by atoms with Crippen LogP contribution in [0.4, 0.5) is 5.69 Å². The van der Waals surface area contributed by atoms with Crippen molar-refractivity contribution in [1.82, 2.24) is 0 Å². The lowest BCUT2D eigenvalue weighted by atomic mass is 10.1. The number of hydrogen-bond donors (Lipinski definition) is 1. The maximum Gasteiger partial charge on any atom is 0.0382 e. The highest BCUT2D eigenvalue weighted by Crippen LogP contribution is 2.18. The maximum absolute atomic E-state index is 3.45. The standard InChI is InChI=1S/C14H20BrN/c1-4-13(8-5-11(2)3)16-14-9-6-12(15)7-10-14/h4,6-7,9-11,16H,5,8H2,1-3H3. The second-order valence-corrected chi connectivity index (χ2v) is 5.29. The molecule has 0 unspecified atom stereocenters. The minimum absolute atomic E-state index is 0.752. The van der Waals surface area contributed by atoms with Crippen molar-refractivity contribution in [1.29, 1.82) is 0 Å². The smallest absolute Gasteiger partial charge is 0.0382 e. The molecule has 1 nitrogen and oxygen atoms in total. The maximum atomic E-state index is 3.45. The van der Waals surface area contributed by atoms with Crippen LogP contribution >= 0.6 is 15.9 Å². The van der Waals surface area contributed by atoms with Crippen LogP contribution < -0.4 is 5.32 Å². The average Bonchev–Trinajstić information content (AvgIpc) is 2.26. The number of allylic oxidation sites excluding steroid dienone is 2. The van der Waals surface area contributed by atoms with Gasteiger partial charge in [0.25, 0.3) is 0 Å². The van der Waals surface area contributed by atoms with Crippen molar-refractivity contribution in [3.8, 4) is 0 Å². The molecule has 0 radical (unpaired) electrons. The summed E-state index contributed by atoms with van der Waals surface area (Å²) in [4.78, 5) is 0. The molecule has 0 aliphatic carbocycles. The van der Waals surface area contributed by atoms with Crippen LogP contribution in [-0.2, 0) is 0 Å². The minimum Gasteiger partial charge on any atom is -0.359 e. The molecule has 0 bridgehead atoms. The van der Waals surface area contributed by atoms with Crippen LogP contribution in [0, 0.1) is 5.92 Å². The summed E-state index contributed by atoms with van der Waals surface area (Å²) in [6.07, 6.45) is 4.50. The summed E-state index contributed by atoms with van der Waals surface area (Å²) in [5, 5.41) is 3.45. The summed E-state index contributed by atoms with van der Waals surface area (Å²) in [6.45, 7) is 6.60. The molecule has 0 aromatic heterocycles. The van der Waals surface area contributed by atoms with Gasteiger partial charge in [0, 0.05) is 15.9 Å². The second-order valence-electron chi connectivity index (χ2n) is 4.38. The molecule has 16 heavy (non-hydrogen) atoms. The Morgan fingerprint density at radius 2 is 1.94 bits per heavy atom. The van der Waals surface area contributed by atoms with Crippen LogP contribution in [0.15, 0.2) is 40.5 Å². The monoisotopic (exact) mass is 281 g/mol. The van der Waals surface area contributed by atoms with Gasteiger partial charge in [-0.25, -0.2) is 0 Å². The van der Waals surface area contributed by atoms with Gasteiger partial charge in [-0.3, -0.25) is 0 Å². The van der Waals surface area contributed by atoms with Gasteiger partial charge in [0.2, 0.25) is 0 Å². The Morgan fingerprint density at radius 3 is 2.44 bits per heavy atom. The van der Waals surface area contributed by atoms with Crippen molar-refractivity contribution in [3.63, 3.8) is 0 Å². The summed E-state index contributed by atoms with van der Waals surface area (Å²) in [6, 6.07) is 8.28. The van der Waals surface area contributed by atoms with E-state index in [4.69, 9.17) is 0 Å². The van der Waals surface area contributed by atoms with E-state index in [0.717, 1.165) is 22.5 Å². The van der Waals surface area contributed by atoms with E-state index < -0.39 is 0 Å². The van der Waals surface area contributed by atoms with Crippen LogP contribution in [0.2, 0.25) is 0 Å². The zero-order valence-electron chi connectivity index (χ0n) is 10.3. The van der Waals surface area contributed by atoms with Gasteiger partial charge in [-0.15, -0.1) is 0 Å². The Bertz CT molecular complexity index is 338. The van der Waals surface area contributed by atoms with Crippen LogP contribution in [-0.4, -0.2) is 0 Å². The van der Waals surface area contributed by atoms with Crippen molar-refractivity contribution < 1.29 is 0 Å². The molecule has 0 amide bonds. The Labute approximate surface area is 107 Å². The molecule has 0 saturated heterocycles. The number of rotatable bonds is 5. The molecular formula is C14H20BrN. The van der Waals surface area contributed by atoms with Crippen molar-refractivity contribution >= 4 is 21.6 Å². The SMILES string of the molecule is CC=C(CCC(C)C)Nc1ccc(Br)cc1. The van der Waals surface area contributed by atoms with E-state index in [0.29, 0.717) is 0 Å². The summed E-state index contributed by atoms with van der Waals surface area (Å²) in [5.74, 6) is 0.752. The van der Waals surface area contributed by atoms with Crippen LogP contribution in [0.25, 0.3) is 0 Å². The molecule has 0 spiro atoms. The summed E-state index contributed by atoms with van der Waals surface area (Å²) in [7, 11) is 0. The molecule has 88 valence electrons. The van der Waals surface area contributed by atoms with Gasteiger partial charge < -0.3 is 5.32 Å². The van der Waals surface area contributed by atoms with E-state index >= 15 is 0 Å². The average molecular weight is 282 g/mol. The molecule has 1 rings (SSSR count). The molecule has 1 N–H and O–H groups in total. The predicted octanol–water partition coefficient (Wildman–Crippen LogP) is 5.20. The fraction of sp³-hybridized carbons (Fsp3) is 0.429.